The average molecular weight is 355 g/mol. The number of amides is 2. The maximum absolute atomic E-state index is 12.8. The Bertz CT molecular complexity index is 779. The molecule has 2 bridgehead atoms. The molecule has 138 valence electrons. The van der Waals surface area contributed by atoms with Crippen LogP contribution in [0.3, 0.4) is 0 Å². The number of ether oxygens (including phenoxy) is 1. The molecule has 0 aromatic heterocycles. The van der Waals surface area contributed by atoms with E-state index in [1.165, 1.54) is 6.42 Å². The smallest absolute Gasteiger partial charge is 0.329 e. The van der Waals surface area contributed by atoms with Gasteiger partial charge in [0.2, 0.25) is 0 Å². The zero-order valence-corrected chi connectivity index (χ0v) is 15.7. The van der Waals surface area contributed by atoms with Gasteiger partial charge >= 0.3 is 5.97 Å². The van der Waals surface area contributed by atoms with Gasteiger partial charge in [0.25, 0.3) is 11.8 Å². The summed E-state index contributed by atoms with van der Waals surface area (Å²) in [7, 11) is 0. The molecule has 26 heavy (non-hydrogen) atoms. The number of nitrogens with zero attached hydrogens (tertiary/aromatic N) is 1. The number of fused-ring (bicyclic) bond motifs is 3. The van der Waals surface area contributed by atoms with Gasteiger partial charge in [0.1, 0.15) is 12.1 Å². The number of hydrogen-bond donors (Lipinski definition) is 0. The lowest BCUT2D eigenvalue weighted by atomic mass is 9.70. The number of benzene rings is 1. The molecule has 4 atom stereocenters. The molecule has 5 nitrogen and oxygen atoms in total. The van der Waals surface area contributed by atoms with Gasteiger partial charge < -0.3 is 4.74 Å². The van der Waals surface area contributed by atoms with Gasteiger partial charge in [-0.25, -0.2) is 4.79 Å². The molecule has 2 fully saturated rings. The van der Waals surface area contributed by atoms with E-state index >= 15 is 0 Å². The summed E-state index contributed by atoms with van der Waals surface area (Å²) < 4.78 is 5.87. The second-order valence-corrected chi connectivity index (χ2v) is 8.74. The van der Waals surface area contributed by atoms with Crippen LogP contribution in [0.5, 0.6) is 0 Å². The van der Waals surface area contributed by atoms with E-state index in [2.05, 4.69) is 20.8 Å². The van der Waals surface area contributed by atoms with Crippen LogP contribution in [0.2, 0.25) is 0 Å². The Morgan fingerprint density at radius 2 is 1.73 bits per heavy atom. The van der Waals surface area contributed by atoms with Gasteiger partial charge in [-0.15, -0.1) is 0 Å². The van der Waals surface area contributed by atoms with Gasteiger partial charge in [-0.05, 0) is 49.7 Å². The molecule has 3 aliphatic rings. The van der Waals surface area contributed by atoms with E-state index in [0.717, 1.165) is 17.7 Å². The molecular formula is C21H25NO4. The van der Waals surface area contributed by atoms with Crippen molar-refractivity contribution >= 4 is 17.8 Å². The van der Waals surface area contributed by atoms with Crippen molar-refractivity contribution in [3.63, 3.8) is 0 Å². The molecule has 1 heterocycles. The number of rotatable bonds is 3. The number of carbonyl (C=O) groups is 3. The number of esters is 1. The second-order valence-electron chi connectivity index (χ2n) is 8.74. The van der Waals surface area contributed by atoms with Crippen LogP contribution in [0.1, 0.15) is 67.7 Å². The van der Waals surface area contributed by atoms with Crippen molar-refractivity contribution in [1.82, 2.24) is 4.90 Å². The highest BCUT2D eigenvalue weighted by atomic mass is 16.5. The van der Waals surface area contributed by atoms with Crippen molar-refractivity contribution in [3.8, 4) is 0 Å². The molecule has 4 rings (SSSR count). The van der Waals surface area contributed by atoms with Crippen molar-refractivity contribution in [1.29, 1.82) is 0 Å². The topological polar surface area (TPSA) is 63.7 Å². The third kappa shape index (κ3) is 2.06. The zero-order valence-electron chi connectivity index (χ0n) is 15.7. The Morgan fingerprint density at radius 3 is 2.19 bits per heavy atom. The summed E-state index contributed by atoms with van der Waals surface area (Å²) >= 11 is 0. The van der Waals surface area contributed by atoms with Gasteiger partial charge in [0.15, 0.2) is 0 Å². The summed E-state index contributed by atoms with van der Waals surface area (Å²) in [4.78, 5) is 39.0. The van der Waals surface area contributed by atoms with E-state index in [1.807, 2.05) is 0 Å². The van der Waals surface area contributed by atoms with Crippen molar-refractivity contribution in [2.75, 3.05) is 0 Å². The van der Waals surface area contributed by atoms with Crippen molar-refractivity contribution in [3.05, 3.63) is 35.4 Å². The first kappa shape index (κ1) is 17.3. The Labute approximate surface area is 153 Å². The zero-order chi connectivity index (χ0) is 18.9. The minimum absolute atomic E-state index is 0.0466. The first-order chi connectivity index (χ1) is 12.2. The summed E-state index contributed by atoms with van der Waals surface area (Å²) in [6.07, 6.45) is 2.93. The highest BCUT2D eigenvalue weighted by Crippen LogP contribution is 2.66. The molecule has 0 unspecified atom stereocenters. The van der Waals surface area contributed by atoms with E-state index in [9.17, 15) is 14.4 Å². The molecule has 1 aliphatic heterocycles. The summed E-state index contributed by atoms with van der Waals surface area (Å²) in [5.41, 5.74) is 0.793. The van der Waals surface area contributed by atoms with Gasteiger partial charge in [-0.3, -0.25) is 14.5 Å². The number of imide groups is 1. The fraction of sp³-hybridized carbons (Fsp3) is 0.571. The van der Waals surface area contributed by atoms with Crippen molar-refractivity contribution in [2.24, 2.45) is 16.7 Å². The van der Waals surface area contributed by atoms with Gasteiger partial charge in [0.05, 0.1) is 11.1 Å². The van der Waals surface area contributed by atoms with E-state index in [1.54, 1.807) is 31.2 Å². The van der Waals surface area contributed by atoms with Gasteiger partial charge in [0, 0.05) is 5.41 Å². The second kappa shape index (κ2) is 5.41. The van der Waals surface area contributed by atoms with Crippen LogP contribution in [-0.2, 0) is 9.53 Å². The van der Waals surface area contributed by atoms with E-state index in [-0.39, 0.29) is 16.9 Å². The Morgan fingerprint density at radius 1 is 1.15 bits per heavy atom. The third-order valence-electron chi connectivity index (χ3n) is 7.53. The van der Waals surface area contributed by atoms with Crippen molar-refractivity contribution in [2.45, 2.75) is 59.1 Å². The van der Waals surface area contributed by atoms with Gasteiger partial charge in [-0.1, -0.05) is 32.9 Å². The predicted molar refractivity (Wildman–Crippen MR) is 95.5 cm³/mol. The van der Waals surface area contributed by atoms with Crippen LogP contribution in [0.25, 0.3) is 0 Å². The fourth-order valence-electron chi connectivity index (χ4n) is 5.21. The molecule has 5 heteroatoms. The van der Waals surface area contributed by atoms with E-state index in [0.29, 0.717) is 17.0 Å². The first-order valence-electron chi connectivity index (χ1n) is 9.36. The highest BCUT2D eigenvalue weighted by molar-refractivity contribution is 6.22. The third-order valence-corrected chi connectivity index (χ3v) is 7.53. The standard InChI is InChI=1S/C21H25NO4/c1-12(22-17(23)14-7-5-6-8-15(14)18(22)24)19(25)26-16-11-13-9-10-21(16,4)20(13,2)3/h5-8,12-13,16H,9-11H2,1-4H3/t12-,13-,16-,21-/m0/s1. The lowest BCUT2D eigenvalue weighted by molar-refractivity contribution is -0.161. The molecule has 0 N–H and O–H groups in total. The van der Waals surface area contributed by atoms with Crippen molar-refractivity contribution < 1.29 is 19.1 Å². The first-order valence-corrected chi connectivity index (χ1v) is 9.36. The molecule has 0 spiro atoms. The lowest BCUT2D eigenvalue weighted by Gasteiger charge is -2.39. The molecule has 2 amide bonds. The average Bonchev–Trinajstić information content (AvgIpc) is 3.07. The highest BCUT2D eigenvalue weighted by Gasteiger charge is 2.63. The normalized spacial score (nSPS) is 32.7. The number of carbonyl (C=O) groups excluding carboxylic acids is 3. The van der Waals surface area contributed by atoms with Crippen LogP contribution in [0, 0.1) is 16.7 Å². The van der Waals surface area contributed by atoms with E-state index in [4.69, 9.17) is 4.74 Å². The largest absolute Gasteiger partial charge is 0.460 e. The molecule has 2 aliphatic carbocycles. The van der Waals surface area contributed by atoms with Crippen LogP contribution in [0.4, 0.5) is 0 Å². The summed E-state index contributed by atoms with van der Waals surface area (Å²) in [6.45, 7) is 8.29. The Hall–Kier alpha value is -2.17. The summed E-state index contributed by atoms with van der Waals surface area (Å²) in [5, 5.41) is 0. The maximum Gasteiger partial charge on any atom is 0.329 e. The Kier molecular flexibility index (Phi) is 3.59. The minimum Gasteiger partial charge on any atom is -0.460 e. The van der Waals surface area contributed by atoms with Crippen LogP contribution >= 0.6 is 0 Å². The summed E-state index contributed by atoms with van der Waals surface area (Å²) in [6, 6.07) is 5.75. The summed E-state index contributed by atoms with van der Waals surface area (Å²) in [5.74, 6) is -0.780. The fourth-order valence-corrected chi connectivity index (χ4v) is 5.21. The SMILES string of the molecule is C[C@@H](C(=O)O[C@H]1C[C@@H]2CC[C@]1(C)C2(C)C)N1C(=O)c2ccccc2C1=O. The predicted octanol–water partition coefficient (Wildman–Crippen LogP) is 3.43. The van der Waals surface area contributed by atoms with Crippen LogP contribution in [0.15, 0.2) is 24.3 Å². The van der Waals surface area contributed by atoms with Gasteiger partial charge in [-0.2, -0.15) is 0 Å². The lowest BCUT2D eigenvalue weighted by Crippen LogP contribution is -2.46. The van der Waals surface area contributed by atoms with E-state index < -0.39 is 23.8 Å². The monoisotopic (exact) mass is 355 g/mol. The molecular weight excluding hydrogens is 330 g/mol. The number of hydrogen-bond acceptors (Lipinski definition) is 4. The van der Waals surface area contributed by atoms with Crippen LogP contribution < -0.4 is 0 Å². The van der Waals surface area contributed by atoms with Crippen LogP contribution in [-0.4, -0.2) is 34.8 Å². The maximum atomic E-state index is 12.8. The minimum atomic E-state index is -0.923. The Balaban J connectivity index is 1.52. The molecule has 2 saturated carbocycles. The molecule has 1 aromatic carbocycles. The molecule has 1 aromatic rings. The quantitative estimate of drug-likeness (QED) is 0.615. The molecule has 0 radical (unpaired) electrons. The molecule has 0 saturated heterocycles.